The third-order valence-electron chi connectivity index (χ3n) is 4.18. The lowest BCUT2D eigenvalue weighted by molar-refractivity contribution is 0.0378. The second kappa shape index (κ2) is 5.31. The normalized spacial score (nSPS) is 27.1. The Morgan fingerprint density at radius 1 is 1.30 bits per heavy atom. The Labute approximate surface area is 120 Å². The fourth-order valence-corrected chi connectivity index (χ4v) is 3.08. The van der Waals surface area contributed by atoms with Crippen LogP contribution in [0.15, 0.2) is 36.4 Å². The fraction of sp³-hybridized carbons (Fsp3) is 0.471. The van der Waals surface area contributed by atoms with E-state index in [1.54, 1.807) is 0 Å². The number of anilines is 1. The first-order valence-corrected chi connectivity index (χ1v) is 7.38. The van der Waals surface area contributed by atoms with Crippen molar-refractivity contribution in [3.63, 3.8) is 0 Å². The first-order chi connectivity index (χ1) is 9.63. The Morgan fingerprint density at radius 2 is 2.05 bits per heavy atom. The van der Waals surface area contributed by atoms with E-state index in [0.29, 0.717) is 17.5 Å². The minimum atomic E-state index is -0.256. The third-order valence-corrected chi connectivity index (χ3v) is 4.18. The monoisotopic (exact) mass is 271 g/mol. The van der Waals surface area contributed by atoms with Crippen molar-refractivity contribution in [1.82, 2.24) is 0 Å². The molecule has 0 heterocycles. The molecule has 0 radical (unpaired) electrons. The van der Waals surface area contributed by atoms with Gasteiger partial charge in [0.25, 0.3) is 0 Å². The smallest absolute Gasteiger partial charge is 0.338 e. The number of hydrogen-bond donors (Lipinski definition) is 1. The van der Waals surface area contributed by atoms with Crippen molar-refractivity contribution < 1.29 is 9.53 Å². The summed E-state index contributed by atoms with van der Waals surface area (Å²) in [6.45, 7) is 3.71. The molecule has 1 aromatic rings. The zero-order valence-electron chi connectivity index (χ0n) is 12.0. The summed E-state index contributed by atoms with van der Waals surface area (Å²) < 4.78 is 5.18. The van der Waals surface area contributed by atoms with Gasteiger partial charge in [0.15, 0.2) is 0 Å². The Kier molecular flexibility index (Phi) is 3.51. The highest BCUT2D eigenvalue weighted by Gasteiger charge is 2.40. The van der Waals surface area contributed by atoms with Gasteiger partial charge in [0, 0.05) is 17.6 Å². The summed E-state index contributed by atoms with van der Waals surface area (Å²) in [6.07, 6.45) is 7.03. The van der Waals surface area contributed by atoms with E-state index < -0.39 is 0 Å². The maximum absolute atomic E-state index is 11.8. The van der Waals surface area contributed by atoms with Crippen LogP contribution in [0.1, 0.15) is 37.0 Å². The topological polar surface area (TPSA) is 38.3 Å². The first-order valence-electron chi connectivity index (χ1n) is 7.38. The van der Waals surface area contributed by atoms with Gasteiger partial charge in [0.2, 0.25) is 0 Å². The molecule has 2 aliphatic carbocycles. The van der Waals surface area contributed by atoms with Crippen LogP contribution in [-0.2, 0) is 4.74 Å². The average molecular weight is 271 g/mol. The summed E-state index contributed by atoms with van der Waals surface area (Å²) in [6, 6.07) is 8.12. The summed E-state index contributed by atoms with van der Waals surface area (Å²) in [5, 5.41) is 3.55. The summed E-state index contributed by atoms with van der Waals surface area (Å²) in [7, 11) is 0. The fourth-order valence-electron chi connectivity index (χ4n) is 3.08. The number of fused-ring (bicyclic) bond motifs is 1. The van der Waals surface area contributed by atoms with Crippen LogP contribution in [-0.4, -0.2) is 18.1 Å². The average Bonchev–Trinajstić information content (AvgIpc) is 2.77. The number of carbonyl (C=O) groups excluding carboxylic acids is 1. The minimum absolute atomic E-state index is 0.0821. The Morgan fingerprint density at radius 3 is 2.70 bits per heavy atom. The molecule has 0 bridgehead atoms. The van der Waals surface area contributed by atoms with Crippen molar-refractivity contribution in [3.05, 3.63) is 42.0 Å². The molecule has 3 nitrogen and oxygen atoms in total. The van der Waals surface area contributed by atoms with Crippen LogP contribution in [0.5, 0.6) is 0 Å². The van der Waals surface area contributed by atoms with Crippen LogP contribution >= 0.6 is 0 Å². The highest BCUT2D eigenvalue weighted by atomic mass is 16.5. The Hall–Kier alpha value is -1.77. The summed E-state index contributed by atoms with van der Waals surface area (Å²) >= 11 is 0. The van der Waals surface area contributed by atoms with E-state index >= 15 is 0 Å². The van der Waals surface area contributed by atoms with Crippen LogP contribution in [0.25, 0.3) is 0 Å². The number of benzene rings is 1. The van der Waals surface area contributed by atoms with Gasteiger partial charge in [-0.2, -0.15) is 0 Å². The van der Waals surface area contributed by atoms with E-state index in [4.69, 9.17) is 4.74 Å². The maximum Gasteiger partial charge on any atom is 0.338 e. The summed E-state index contributed by atoms with van der Waals surface area (Å²) in [4.78, 5) is 11.8. The molecule has 3 heteroatoms. The molecule has 0 saturated heterocycles. The van der Waals surface area contributed by atoms with Crippen molar-refractivity contribution in [1.29, 1.82) is 0 Å². The van der Waals surface area contributed by atoms with Gasteiger partial charge in [-0.3, -0.25) is 0 Å². The molecule has 20 heavy (non-hydrogen) atoms. The number of carbonyl (C=O) groups is 1. The number of rotatable bonds is 4. The van der Waals surface area contributed by atoms with Crippen LogP contribution in [0.2, 0.25) is 0 Å². The van der Waals surface area contributed by atoms with Gasteiger partial charge < -0.3 is 10.1 Å². The van der Waals surface area contributed by atoms with E-state index in [1.807, 2.05) is 38.1 Å². The van der Waals surface area contributed by atoms with Crippen LogP contribution in [0.3, 0.4) is 0 Å². The second-order valence-electron chi connectivity index (χ2n) is 6.02. The molecule has 3 atom stereocenters. The molecular weight excluding hydrogens is 250 g/mol. The van der Waals surface area contributed by atoms with E-state index in [9.17, 15) is 4.79 Å². The molecule has 106 valence electrons. The molecule has 0 spiro atoms. The Bertz CT molecular complexity index is 518. The van der Waals surface area contributed by atoms with Gasteiger partial charge in [-0.15, -0.1) is 0 Å². The number of nitrogens with one attached hydrogen (secondary N) is 1. The molecule has 0 aromatic heterocycles. The molecule has 0 amide bonds. The van der Waals surface area contributed by atoms with Crippen LogP contribution < -0.4 is 5.32 Å². The lowest BCUT2D eigenvalue weighted by Gasteiger charge is -2.41. The quantitative estimate of drug-likeness (QED) is 0.671. The van der Waals surface area contributed by atoms with Gasteiger partial charge in [-0.05, 0) is 56.9 Å². The van der Waals surface area contributed by atoms with Crippen molar-refractivity contribution in [3.8, 4) is 0 Å². The van der Waals surface area contributed by atoms with Gasteiger partial charge in [0.1, 0.15) is 0 Å². The SMILES string of the molecule is CC(C)OC(=O)c1ccc(NC2CC3CC=CC32)cc1. The lowest BCUT2D eigenvalue weighted by Crippen LogP contribution is -2.43. The summed E-state index contributed by atoms with van der Waals surface area (Å²) in [5.74, 6) is 1.29. The van der Waals surface area contributed by atoms with Crippen molar-refractivity contribution in [2.24, 2.45) is 11.8 Å². The molecule has 3 rings (SSSR count). The molecule has 1 fully saturated rings. The van der Waals surface area contributed by atoms with Gasteiger partial charge in [-0.1, -0.05) is 12.2 Å². The number of ether oxygens (including phenoxy) is 1. The Balaban J connectivity index is 1.59. The standard InChI is InChI=1S/C17H21NO2/c1-11(2)20-17(19)12-6-8-14(9-7-12)18-16-10-13-4-3-5-15(13)16/h3,5-9,11,13,15-16,18H,4,10H2,1-2H3. The first kappa shape index (κ1) is 13.2. The van der Waals surface area contributed by atoms with Gasteiger partial charge >= 0.3 is 5.97 Å². The number of esters is 1. The number of allylic oxidation sites excluding steroid dienone is 1. The molecule has 2 aliphatic rings. The van der Waals surface area contributed by atoms with E-state index in [2.05, 4.69) is 17.5 Å². The van der Waals surface area contributed by atoms with Crippen molar-refractivity contribution in [2.45, 2.75) is 38.8 Å². The van der Waals surface area contributed by atoms with E-state index in [-0.39, 0.29) is 12.1 Å². The van der Waals surface area contributed by atoms with Crippen LogP contribution in [0, 0.1) is 11.8 Å². The molecule has 1 saturated carbocycles. The number of hydrogen-bond acceptors (Lipinski definition) is 3. The zero-order valence-corrected chi connectivity index (χ0v) is 12.0. The van der Waals surface area contributed by atoms with Gasteiger partial charge in [0.05, 0.1) is 11.7 Å². The molecular formula is C17H21NO2. The second-order valence-corrected chi connectivity index (χ2v) is 6.02. The molecule has 0 aliphatic heterocycles. The zero-order chi connectivity index (χ0) is 14.1. The summed E-state index contributed by atoms with van der Waals surface area (Å²) in [5.41, 5.74) is 1.69. The van der Waals surface area contributed by atoms with Crippen LogP contribution in [0.4, 0.5) is 5.69 Å². The maximum atomic E-state index is 11.8. The highest BCUT2D eigenvalue weighted by Crippen LogP contribution is 2.44. The van der Waals surface area contributed by atoms with E-state index in [1.165, 1.54) is 12.8 Å². The van der Waals surface area contributed by atoms with Crippen molar-refractivity contribution in [2.75, 3.05) is 5.32 Å². The molecule has 3 unspecified atom stereocenters. The third kappa shape index (κ3) is 2.58. The predicted octanol–water partition coefficient (Wildman–Crippen LogP) is 3.63. The lowest BCUT2D eigenvalue weighted by atomic mass is 9.71. The largest absolute Gasteiger partial charge is 0.459 e. The predicted molar refractivity (Wildman–Crippen MR) is 79.8 cm³/mol. The highest BCUT2D eigenvalue weighted by molar-refractivity contribution is 5.89. The molecule has 1 N–H and O–H groups in total. The molecule has 1 aromatic carbocycles. The van der Waals surface area contributed by atoms with Gasteiger partial charge in [-0.25, -0.2) is 4.79 Å². The minimum Gasteiger partial charge on any atom is -0.459 e. The van der Waals surface area contributed by atoms with E-state index in [0.717, 1.165) is 11.6 Å². The van der Waals surface area contributed by atoms with Crippen molar-refractivity contribution >= 4 is 11.7 Å².